The standard InChI is InChI=1S/C16H19BrNO2.HI/c1-18(2,3)9-8-16(19)20-15-7-5-12-10-14(17)6-4-13(12)11-15;/h4-7,10-11H,8-9H2,1-3H3;1H/q+1;/p-1. The van der Waals surface area contributed by atoms with Gasteiger partial charge in [0.25, 0.3) is 0 Å². The second-order valence-electron chi connectivity index (χ2n) is 5.89. The molecule has 0 atom stereocenters. The van der Waals surface area contributed by atoms with Crippen LogP contribution >= 0.6 is 15.9 Å². The Bertz CT molecular complexity index is 638. The first kappa shape index (κ1) is 18.4. The monoisotopic (exact) mass is 463 g/mol. The lowest BCUT2D eigenvalue weighted by Gasteiger charge is -2.23. The molecule has 5 heteroatoms. The maximum Gasteiger partial charge on any atom is 0.316 e. The third-order valence-electron chi connectivity index (χ3n) is 2.99. The van der Waals surface area contributed by atoms with Crippen molar-refractivity contribution in [2.75, 3.05) is 27.7 Å². The molecule has 0 aromatic heterocycles. The molecule has 2 aromatic carbocycles. The van der Waals surface area contributed by atoms with Crippen LogP contribution in [0.1, 0.15) is 6.42 Å². The SMILES string of the molecule is C[N+](C)(C)CCC(=O)Oc1ccc2cc(Br)ccc2c1.[I-]. The summed E-state index contributed by atoms with van der Waals surface area (Å²) in [6.45, 7) is 0.763. The largest absolute Gasteiger partial charge is 1.00 e. The molecule has 0 bridgehead atoms. The molecule has 0 saturated heterocycles. The molecule has 2 aromatic rings. The number of ether oxygens (including phenoxy) is 1. The minimum Gasteiger partial charge on any atom is -1.00 e. The average molecular weight is 464 g/mol. The van der Waals surface area contributed by atoms with Gasteiger partial charge in [0, 0.05) is 4.47 Å². The molecule has 0 saturated carbocycles. The number of nitrogens with zero attached hydrogens (tertiary/aromatic N) is 1. The van der Waals surface area contributed by atoms with Crippen molar-refractivity contribution in [1.29, 1.82) is 0 Å². The first-order valence-electron chi connectivity index (χ1n) is 6.54. The smallest absolute Gasteiger partial charge is 0.316 e. The number of fused-ring (bicyclic) bond motifs is 1. The van der Waals surface area contributed by atoms with Crippen LogP contribution < -0.4 is 28.7 Å². The van der Waals surface area contributed by atoms with Crippen LogP contribution in [0.25, 0.3) is 10.8 Å². The molecule has 2 rings (SSSR count). The van der Waals surface area contributed by atoms with Gasteiger partial charge in [0.1, 0.15) is 5.75 Å². The zero-order chi connectivity index (χ0) is 14.8. The van der Waals surface area contributed by atoms with E-state index < -0.39 is 0 Å². The van der Waals surface area contributed by atoms with E-state index in [2.05, 4.69) is 37.1 Å². The van der Waals surface area contributed by atoms with Crippen molar-refractivity contribution >= 4 is 32.7 Å². The second kappa shape index (κ2) is 7.56. The Morgan fingerprint density at radius 3 is 2.38 bits per heavy atom. The number of halogens is 2. The van der Waals surface area contributed by atoms with Gasteiger partial charge in [-0.1, -0.05) is 28.1 Å². The number of hydrogen-bond acceptors (Lipinski definition) is 2. The molecule has 0 amide bonds. The highest BCUT2D eigenvalue weighted by Gasteiger charge is 2.12. The molecular weight excluding hydrogens is 445 g/mol. The maximum absolute atomic E-state index is 11.8. The normalized spacial score (nSPS) is 11.0. The van der Waals surface area contributed by atoms with Crippen LogP contribution in [0, 0.1) is 0 Å². The molecule has 3 nitrogen and oxygen atoms in total. The van der Waals surface area contributed by atoms with E-state index in [0.29, 0.717) is 12.2 Å². The Hall–Kier alpha value is -0.660. The fraction of sp³-hybridized carbons (Fsp3) is 0.312. The molecule has 114 valence electrons. The molecule has 21 heavy (non-hydrogen) atoms. The molecule has 0 fully saturated rings. The lowest BCUT2D eigenvalue weighted by Crippen LogP contribution is -3.00. The highest BCUT2D eigenvalue weighted by atomic mass is 127. The predicted octanol–water partition coefficient (Wildman–Crippen LogP) is 0.608. The summed E-state index contributed by atoms with van der Waals surface area (Å²) in [5.74, 6) is 0.417. The van der Waals surface area contributed by atoms with E-state index in [1.807, 2.05) is 36.4 Å². The van der Waals surface area contributed by atoms with Gasteiger partial charge in [0.05, 0.1) is 34.1 Å². The van der Waals surface area contributed by atoms with Crippen LogP contribution in [-0.4, -0.2) is 38.1 Å². The van der Waals surface area contributed by atoms with Gasteiger partial charge in [0.15, 0.2) is 0 Å². The maximum atomic E-state index is 11.8. The van der Waals surface area contributed by atoms with Crippen LogP contribution in [0.2, 0.25) is 0 Å². The minimum absolute atomic E-state index is 0. The molecular formula is C16H19BrINO2. The Morgan fingerprint density at radius 1 is 1.10 bits per heavy atom. The number of hydrogen-bond donors (Lipinski definition) is 0. The molecule has 0 aliphatic rings. The Labute approximate surface area is 151 Å². The van der Waals surface area contributed by atoms with Gasteiger partial charge in [-0.15, -0.1) is 0 Å². The van der Waals surface area contributed by atoms with Crippen LogP contribution in [0.3, 0.4) is 0 Å². The third-order valence-corrected chi connectivity index (χ3v) is 3.49. The summed E-state index contributed by atoms with van der Waals surface area (Å²) in [4.78, 5) is 11.8. The van der Waals surface area contributed by atoms with E-state index >= 15 is 0 Å². The fourth-order valence-corrected chi connectivity index (χ4v) is 2.25. The van der Waals surface area contributed by atoms with Crippen LogP contribution in [0.15, 0.2) is 40.9 Å². The Kier molecular flexibility index (Phi) is 6.62. The van der Waals surface area contributed by atoms with Gasteiger partial charge >= 0.3 is 5.97 Å². The minimum atomic E-state index is -0.186. The quantitative estimate of drug-likeness (QED) is 0.287. The molecule has 0 aliphatic heterocycles. The van der Waals surface area contributed by atoms with Gasteiger partial charge in [-0.2, -0.15) is 0 Å². The van der Waals surface area contributed by atoms with E-state index in [9.17, 15) is 4.79 Å². The first-order chi connectivity index (χ1) is 9.33. The topological polar surface area (TPSA) is 26.3 Å². The van der Waals surface area contributed by atoms with Crippen molar-refractivity contribution in [3.63, 3.8) is 0 Å². The highest BCUT2D eigenvalue weighted by Crippen LogP contribution is 2.24. The van der Waals surface area contributed by atoms with Crippen molar-refractivity contribution < 1.29 is 38.0 Å². The zero-order valence-electron chi connectivity index (χ0n) is 12.4. The molecule has 0 heterocycles. The van der Waals surface area contributed by atoms with E-state index in [-0.39, 0.29) is 29.9 Å². The highest BCUT2D eigenvalue weighted by molar-refractivity contribution is 9.10. The molecule has 0 N–H and O–H groups in total. The van der Waals surface area contributed by atoms with Gasteiger partial charge < -0.3 is 33.2 Å². The number of benzene rings is 2. The summed E-state index contributed by atoms with van der Waals surface area (Å²) in [5.41, 5.74) is 0. The number of rotatable bonds is 4. The van der Waals surface area contributed by atoms with Crippen LogP contribution in [0.5, 0.6) is 5.75 Å². The van der Waals surface area contributed by atoms with Crippen molar-refractivity contribution in [2.24, 2.45) is 0 Å². The zero-order valence-corrected chi connectivity index (χ0v) is 16.1. The molecule has 0 spiro atoms. The van der Waals surface area contributed by atoms with Crippen molar-refractivity contribution in [3.05, 3.63) is 40.9 Å². The number of carbonyl (C=O) groups excluding carboxylic acids is 1. The third kappa shape index (κ3) is 5.92. The molecule has 0 unspecified atom stereocenters. The van der Waals surface area contributed by atoms with Crippen molar-refractivity contribution in [1.82, 2.24) is 0 Å². The first-order valence-corrected chi connectivity index (χ1v) is 7.33. The summed E-state index contributed by atoms with van der Waals surface area (Å²) < 4.78 is 7.18. The van der Waals surface area contributed by atoms with E-state index in [1.54, 1.807) is 0 Å². The summed E-state index contributed by atoms with van der Waals surface area (Å²) in [7, 11) is 6.17. The van der Waals surface area contributed by atoms with Crippen molar-refractivity contribution in [2.45, 2.75) is 6.42 Å². The molecule has 0 radical (unpaired) electrons. The fourth-order valence-electron chi connectivity index (χ4n) is 1.87. The van der Waals surface area contributed by atoms with E-state index in [1.165, 1.54) is 0 Å². The predicted molar refractivity (Wildman–Crippen MR) is 84.8 cm³/mol. The number of carbonyl (C=O) groups is 1. The van der Waals surface area contributed by atoms with Crippen LogP contribution in [0.4, 0.5) is 0 Å². The lowest BCUT2D eigenvalue weighted by molar-refractivity contribution is -0.869. The second-order valence-corrected chi connectivity index (χ2v) is 6.81. The van der Waals surface area contributed by atoms with Gasteiger partial charge in [-0.05, 0) is 35.0 Å². The summed E-state index contributed by atoms with van der Waals surface area (Å²) in [6, 6.07) is 11.7. The number of esters is 1. The van der Waals surface area contributed by atoms with Gasteiger partial charge in [-0.3, -0.25) is 4.79 Å². The Morgan fingerprint density at radius 2 is 1.71 bits per heavy atom. The van der Waals surface area contributed by atoms with Gasteiger partial charge in [0.2, 0.25) is 0 Å². The summed E-state index contributed by atoms with van der Waals surface area (Å²) in [5, 5.41) is 2.18. The molecule has 0 aliphatic carbocycles. The van der Waals surface area contributed by atoms with E-state index in [4.69, 9.17) is 4.74 Å². The Balaban J connectivity index is 0.00000220. The summed E-state index contributed by atoms with van der Waals surface area (Å²) >= 11 is 3.44. The van der Waals surface area contributed by atoms with Gasteiger partial charge in [-0.25, -0.2) is 0 Å². The lowest BCUT2D eigenvalue weighted by atomic mass is 10.1. The van der Waals surface area contributed by atoms with Crippen molar-refractivity contribution in [3.8, 4) is 5.75 Å². The summed E-state index contributed by atoms with van der Waals surface area (Å²) in [6.07, 6.45) is 0.419. The number of quaternary nitrogens is 1. The van der Waals surface area contributed by atoms with Crippen LogP contribution in [-0.2, 0) is 4.79 Å². The average Bonchev–Trinajstić information content (AvgIpc) is 2.36. The van der Waals surface area contributed by atoms with E-state index in [0.717, 1.165) is 26.3 Å².